The molecule has 0 bridgehead atoms. The monoisotopic (exact) mass is 381 g/mol. The summed E-state index contributed by atoms with van der Waals surface area (Å²) in [5, 5.41) is 25.4. The molecule has 2 aromatic heterocycles. The molecule has 0 aliphatic heterocycles. The van der Waals surface area contributed by atoms with Crippen molar-refractivity contribution in [2.45, 2.75) is 32.2 Å². The van der Waals surface area contributed by atoms with E-state index in [0.29, 0.717) is 18.4 Å². The number of carbonyl (C=O) groups is 1. The second kappa shape index (κ2) is 8.38. The molecule has 0 fully saturated rings. The standard InChI is InChI=1S/C19H19N5O4/c1-2-3-6-16(25)23-17(12-9-20-11-21-10-12)14-8-15(24(27)28)13-5-4-7-22-18(13)19(14)26/h4-5,7-11,17,26H,2-3,6H2,1H3,(H,23,25). The summed E-state index contributed by atoms with van der Waals surface area (Å²) in [5.74, 6) is -0.468. The van der Waals surface area contributed by atoms with Crippen molar-refractivity contribution < 1.29 is 14.8 Å². The van der Waals surface area contributed by atoms with Crippen LogP contribution in [0.25, 0.3) is 10.9 Å². The number of nitro benzene ring substituents is 1. The zero-order chi connectivity index (χ0) is 20.1. The van der Waals surface area contributed by atoms with E-state index in [1.54, 1.807) is 6.07 Å². The predicted octanol–water partition coefficient (Wildman–Crippen LogP) is 3.03. The first-order valence-electron chi connectivity index (χ1n) is 8.82. The average Bonchev–Trinajstić information content (AvgIpc) is 2.71. The van der Waals surface area contributed by atoms with Crippen LogP contribution in [-0.4, -0.2) is 30.9 Å². The Morgan fingerprint density at radius 1 is 1.36 bits per heavy atom. The molecule has 9 heteroatoms. The van der Waals surface area contributed by atoms with Crippen molar-refractivity contribution >= 4 is 22.5 Å². The van der Waals surface area contributed by atoms with Crippen LogP contribution in [0.5, 0.6) is 5.75 Å². The number of non-ortho nitro benzene ring substituents is 1. The maximum Gasteiger partial charge on any atom is 0.279 e. The maximum atomic E-state index is 12.4. The highest BCUT2D eigenvalue weighted by Crippen LogP contribution is 2.39. The predicted molar refractivity (Wildman–Crippen MR) is 102 cm³/mol. The summed E-state index contributed by atoms with van der Waals surface area (Å²) in [6.07, 6.45) is 7.62. The Kier molecular flexibility index (Phi) is 5.73. The number of hydrogen-bond donors (Lipinski definition) is 2. The van der Waals surface area contributed by atoms with Gasteiger partial charge in [-0.3, -0.25) is 19.9 Å². The molecule has 2 heterocycles. The number of nitrogens with zero attached hydrogens (tertiary/aromatic N) is 4. The Labute approximate surface area is 160 Å². The molecule has 1 aromatic carbocycles. The fraction of sp³-hybridized carbons (Fsp3) is 0.263. The van der Waals surface area contributed by atoms with E-state index in [-0.39, 0.29) is 33.8 Å². The Bertz CT molecular complexity index is 1010. The summed E-state index contributed by atoms with van der Waals surface area (Å²) >= 11 is 0. The van der Waals surface area contributed by atoms with Crippen molar-refractivity contribution in [3.05, 3.63) is 64.4 Å². The van der Waals surface area contributed by atoms with Crippen LogP contribution in [0.4, 0.5) is 5.69 Å². The molecule has 1 unspecified atom stereocenters. The lowest BCUT2D eigenvalue weighted by Crippen LogP contribution is -2.29. The number of unbranched alkanes of at least 4 members (excludes halogenated alkanes) is 1. The number of fused-ring (bicyclic) bond motifs is 1. The van der Waals surface area contributed by atoms with Gasteiger partial charge in [-0.05, 0) is 18.6 Å². The first kappa shape index (κ1) is 19.2. The normalized spacial score (nSPS) is 11.9. The number of amides is 1. The Balaban J connectivity index is 2.16. The maximum absolute atomic E-state index is 12.4. The van der Waals surface area contributed by atoms with Gasteiger partial charge in [0, 0.05) is 42.2 Å². The van der Waals surface area contributed by atoms with E-state index in [9.17, 15) is 20.0 Å². The number of phenols is 1. The van der Waals surface area contributed by atoms with Crippen LogP contribution in [-0.2, 0) is 4.79 Å². The lowest BCUT2D eigenvalue weighted by atomic mass is 9.96. The fourth-order valence-electron chi connectivity index (χ4n) is 2.97. The molecule has 0 aliphatic carbocycles. The van der Waals surface area contributed by atoms with Crippen molar-refractivity contribution in [2.75, 3.05) is 0 Å². The molecule has 1 amide bonds. The van der Waals surface area contributed by atoms with Crippen LogP contribution < -0.4 is 5.32 Å². The molecule has 3 rings (SSSR count). The molecule has 2 N–H and O–H groups in total. The van der Waals surface area contributed by atoms with Crippen molar-refractivity contribution in [1.29, 1.82) is 0 Å². The Morgan fingerprint density at radius 3 is 2.79 bits per heavy atom. The van der Waals surface area contributed by atoms with Crippen molar-refractivity contribution in [1.82, 2.24) is 20.3 Å². The van der Waals surface area contributed by atoms with Gasteiger partial charge in [-0.15, -0.1) is 0 Å². The molecule has 0 radical (unpaired) electrons. The van der Waals surface area contributed by atoms with Gasteiger partial charge in [0.1, 0.15) is 17.6 Å². The van der Waals surface area contributed by atoms with Gasteiger partial charge in [-0.1, -0.05) is 13.3 Å². The highest BCUT2D eigenvalue weighted by atomic mass is 16.6. The molecular formula is C19H19N5O4. The number of carbonyl (C=O) groups excluding carboxylic acids is 1. The topological polar surface area (TPSA) is 131 Å². The van der Waals surface area contributed by atoms with Gasteiger partial charge in [-0.2, -0.15) is 0 Å². The molecule has 28 heavy (non-hydrogen) atoms. The smallest absolute Gasteiger partial charge is 0.279 e. The lowest BCUT2D eigenvalue weighted by molar-refractivity contribution is -0.383. The van der Waals surface area contributed by atoms with E-state index in [2.05, 4.69) is 20.3 Å². The largest absolute Gasteiger partial charge is 0.505 e. The molecular weight excluding hydrogens is 362 g/mol. The minimum atomic E-state index is -0.851. The summed E-state index contributed by atoms with van der Waals surface area (Å²) in [6, 6.07) is 3.49. The third kappa shape index (κ3) is 3.88. The van der Waals surface area contributed by atoms with Gasteiger partial charge in [0.25, 0.3) is 5.69 Å². The van der Waals surface area contributed by atoms with Crippen molar-refractivity contribution in [2.24, 2.45) is 0 Å². The van der Waals surface area contributed by atoms with E-state index in [4.69, 9.17) is 0 Å². The van der Waals surface area contributed by atoms with Crippen molar-refractivity contribution in [3.8, 4) is 5.75 Å². The second-order valence-electron chi connectivity index (χ2n) is 6.27. The Morgan fingerprint density at radius 2 is 2.11 bits per heavy atom. The first-order valence-corrected chi connectivity index (χ1v) is 8.82. The average molecular weight is 381 g/mol. The quantitative estimate of drug-likeness (QED) is 0.475. The lowest BCUT2D eigenvalue weighted by Gasteiger charge is -2.20. The number of phenolic OH excluding ortho intramolecular Hbond substituents is 1. The number of nitro groups is 1. The van der Waals surface area contributed by atoms with Gasteiger partial charge < -0.3 is 10.4 Å². The summed E-state index contributed by atoms with van der Waals surface area (Å²) in [4.78, 5) is 35.4. The van der Waals surface area contributed by atoms with E-state index < -0.39 is 11.0 Å². The van der Waals surface area contributed by atoms with Crippen LogP contribution >= 0.6 is 0 Å². The van der Waals surface area contributed by atoms with E-state index in [0.717, 1.165) is 6.42 Å². The summed E-state index contributed by atoms with van der Waals surface area (Å²) < 4.78 is 0. The SMILES string of the molecule is CCCCC(=O)NC(c1cncnc1)c1cc([N+](=O)[O-])c2cccnc2c1O. The van der Waals surface area contributed by atoms with Gasteiger partial charge >= 0.3 is 0 Å². The molecule has 0 aliphatic rings. The Hall–Kier alpha value is -3.62. The number of pyridine rings is 1. The third-order valence-corrected chi connectivity index (χ3v) is 4.36. The van der Waals surface area contributed by atoms with E-state index in [1.807, 2.05) is 6.92 Å². The third-order valence-electron chi connectivity index (χ3n) is 4.36. The number of benzene rings is 1. The number of nitrogens with one attached hydrogen (secondary N) is 1. The van der Waals surface area contributed by atoms with Crippen LogP contribution in [0, 0.1) is 10.1 Å². The van der Waals surface area contributed by atoms with Gasteiger partial charge in [0.15, 0.2) is 0 Å². The van der Waals surface area contributed by atoms with Gasteiger partial charge in [0.2, 0.25) is 5.91 Å². The van der Waals surface area contributed by atoms with Gasteiger partial charge in [0.05, 0.1) is 16.4 Å². The van der Waals surface area contributed by atoms with Crippen LogP contribution in [0.3, 0.4) is 0 Å². The molecule has 0 saturated heterocycles. The number of aromatic nitrogens is 3. The van der Waals surface area contributed by atoms with Crippen LogP contribution in [0.15, 0.2) is 43.1 Å². The number of rotatable bonds is 7. The zero-order valence-electron chi connectivity index (χ0n) is 15.2. The highest BCUT2D eigenvalue weighted by Gasteiger charge is 2.27. The van der Waals surface area contributed by atoms with E-state index >= 15 is 0 Å². The molecule has 1 atom stereocenters. The highest BCUT2D eigenvalue weighted by molar-refractivity contribution is 5.93. The summed E-state index contributed by atoms with van der Waals surface area (Å²) in [7, 11) is 0. The molecule has 3 aromatic rings. The summed E-state index contributed by atoms with van der Waals surface area (Å²) in [5.41, 5.74) is 0.543. The number of aromatic hydroxyl groups is 1. The van der Waals surface area contributed by atoms with E-state index in [1.165, 1.54) is 37.1 Å². The van der Waals surface area contributed by atoms with Crippen LogP contribution in [0.1, 0.15) is 43.4 Å². The summed E-state index contributed by atoms with van der Waals surface area (Å²) in [6.45, 7) is 1.97. The first-order chi connectivity index (χ1) is 13.5. The fourth-order valence-corrected chi connectivity index (χ4v) is 2.97. The molecule has 0 saturated carbocycles. The van der Waals surface area contributed by atoms with Crippen molar-refractivity contribution in [3.63, 3.8) is 0 Å². The molecule has 144 valence electrons. The van der Waals surface area contributed by atoms with Crippen LogP contribution in [0.2, 0.25) is 0 Å². The van der Waals surface area contributed by atoms with Gasteiger partial charge in [-0.25, -0.2) is 9.97 Å². The zero-order valence-corrected chi connectivity index (χ0v) is 15.2. The molecule has 9 nitrogen and oxygen atoms in total. The minimum absolute atomic E-state index is 0.0938. The minimum Gasteiger partial charge on any atom is -0.505 e. The second-order valence-corrected chi connectivity index (χ2v) is 6.27. The number of hydrogen-bond acceptors (Lipinski definition) is 7. The molecule has 0 spiro atoms.